The van der Waals surface area contributed by atoms with Gasteiger partial charge in [-0.2, -0.15) is 10.2 Å². The summed E-state index contributed by atoms with van der Waals surface area (Å²) in [7, 11) is 1.64. The summed E-state index contributed by atoms with van der Waals surface area (Å²) in [6, 6.07) is 8.97. The zero-order valence-electron chi connectivity index (χ0n) is 14.5. The van der Waals surface area contributed by atoms with Gasteiger partial charge >= 0.3 is 0 Å². The van der Waals surface area contributed by atoms with E-state index >= 15 is 0 Å². The molecule has 8 heteroatoms. The lowest BCUT2D eigenvalue weighted by atomic mass is 9.96. The summed E-state index contributed by atoms with van der Waals surface area (Å²) in [5.74, 6) is 0.781. The number of nitrogens with zero attached hydrogens (tertiary/aromatic N) is 4. The van der Waals surface area contributed by atoms with Crippen molar-refractivity contribution < 1.29 is 4.79 Å². The number of anilines is 2. The number of aryl methyl sites for hydroxylation is 1. The van der Waals surface area contributed by atoms with E-state index in [1.165, 1.54) is 10.7 Å². The average Bonchev–Trinajstić information content (AvgIpc) is 3.12. The van der Waals surface area contributed by atoms with Gasteiger partial charge in [-0.15, -0.1) is 0 Å². The van der Waals surface area contributed by atoms with Crippen LogP contribution < -0.4 is 15.8 Å². The van der Waals surface area contributed by atoms with E-state index in [2.05, 4.69) is 25.5 Å². The van der Waals surface area contributed by atoms with Crippen LogP contribution in [-0.2, 0) is 11.8 Å². The number of benzene rings is 1. The first-order chi connectivity index (χ1) is 12.6. The standard InChI is InChI=1S/C18H20N6O2/c1-23-17(25)5-4-16(22-23)24-8-6-12(7-9-24)18(26)20-14-3-2-13-11-19-21-15(13)10-14/h2-5,10-12H,6-9H2,1H3,(H,19,21)(H,20,26). The smallest absolute Gasteiger partial charge is 0.266 e. The van der Waals surface area contributed by atoms with Crippen LogP contribution in [0.15, 0.2) is 41.3 Å². The predicted molar refractivity (Wildman–Crippen MR) is 99.1 cm³/mol. The number of H-pyrrole nitrogens is 1. The van der Waals surface area contributed by atoms with Gasteiger partial charge in [-0.3, -0.25) is 14.7 Å². The van der Waals surface area contributed by atoms with Crippen molar-refractivity contribution in [1.82, 2.24) is 20.0 Å². The third kappa shape index (κ3) is 3.17. The van der Waals surface area contributed by atoms with Gasteiger partial charge in [0.1, 0.15) is 5.82 Å². The number of piperidine rings is 1. The van der Waals surface area contributed by atoms with Crippen molar-refractivity contribution in [2.45, 2.75) is 12.8 Å². The molecule has 1 saturated heterocycles. The highest BCUT2D eigenvalue weighted by atomic mass is 16.2. The number of hydrogen-bond acceptors (Lipinski definition) is 5. The Labute approximate surface area is 149 Å². The molecule has 1 aromatic carbocycles. The SMILES string of the molecule is Cn1nc(N2CCC(C(=O)Nc3ccc4cn[nH]c4c3)CC2)ccc1=O. The van der Waals surface area contributed by atoms with Gasteiger partial charge in [-0.05, 0) is 37.1 Å². The van der Waals surface area contributed by atoms with Crippen LogP contribution in [0.25, 0.3) is 10.9 Å². The molecule has 3 heterocycles. The molecule has 8 nitrogen and oxygen atoms in total. The Morgan fingerprint density at radius 1 is 1.23 bits per heavy atom. The monoisotopic (exact) mass is 352 g/mol. The Balaban J connectivity index is 1.38. The molecule has 134 valence electrons. The van der Waals surface area contributed by atoms with Crippen molar-refractivity contribution in [2.75, 3.05) is 23.3 Å². The van der Waals surface area contributed by atoms with Crippen LogP contribution in [0.3, 0.4) is 0 Å². The number of nitrogens with one attached hydrogen (secondary N) is 2. The zero-order chi connectivity index (χ0) is 18.1. The first-order valence-corrected chi connectivity index (χ1v) is 8.63. The Morgan fingerprint density at radius 3 is 2.81 bits per heavy atom. The molecule has 4 rings (SSSR count). The summed E-state index contributed by atoms with van der Waals surface area (Å²) in [6.45, 7) is 1.48. The minimum absolute atomic E-state index is 0.0313. The van der Waals surface area contributed by atoms with E-state index < -0.39 is 0 Å². The summed E-state index contributed by atoms with van der Waals surface area (Å²) < 4.78 is 1.33. The number of hydrogen-bond donors (Lipinski definition) is 2. The number of fused-ring (bicyclic) bond motifs is 1. The van der Waals surface area contributed by atoms with Crippen molar-refractivity contribution in [3.05, 3.63) is 46.9 Å². The average molecular weight is 352 g/mol. The number of carbonyl (C=O) groups excluding carboxylic acids is 1. The predicted octanol–water partition coefficient (Wildman–Crippen LogP) is 1.51. The topological polar surface area (TPSA) is 95.9 Å². The van der Waals surface area contributed by atoms with Gasteiger partial charge < -0.3 is 10.2 Å². The zero-order valence-corrected chi connectivity index (χ0v) is 14.5. The van der Waals surface area contributed by atoms with E-state index in [1.807, 2.05) is 18.2 Å². The number of amides is 1. The van der Waals surface area contributed by atoms with Crippen LogP contribution in [0.4, 0.5) is 11.5 Å². The van der Waals surface area contributed by atoms with Crippen LogP contribution in [0.5, 0.6) is 0 Å². The maximum atomic E-state index is 12.6. The van der Waals surface area contributed by atoms with E-state index in [4.69, 9.17) is 0 Å². The van der Waals surface area contributed by atoms with Gasteiger partial charge in [0, 0.05) is 43.2 Å². The quantitative estimate of drug-likeness (QED) is 0.745. The molecule has 2 aromatic heterocycles. The number of aromatic nitrogens is 4. The molecule has 1 amide bonds. The Hall–Kier alpha value is -3.16. The molecular weight excluding hydrogens is 332 g/mol. The highest BCUT2D eigenvalue weighted by molar-refractivity contribution is 5.94. The van der Waals surface area contributed by atoms with E-state index in [0.717, 1.165) is 48.3 Å². The Bertz CT molecular complexity index is 1000. The molecule has 0 aliphatic carbocycles. The van der Waals surface area contributed by atoms with Crippen LogP contribution >= 0.6 is 0 Å². The molecule has 1 aliphatic heterocycles. The summed E-state index contributed by atoms with van der Waals surface area (Å²) in [4.78, 5) is 26.1. The van der Waals surface area contributed by atoms with Crippen molar-refractivity contribution in [3.63, 3.8) is 0 Å². The van der Waals surface area contributed by atoms with Crippen molar-refractivity contribution >= 4 is 28.3 Å². The molecule has 0 radical (unpaired) electrons. The lowest BCUT2D eigenvalue weighted by molar-refractivity contribution is -0.120. The molecule has 1 fully saturated rings. The molecule has 0 saturated carbocycles. The maximum Gasteiger partial charge on any atom is 0.266 e. The highest BCUT2D eigenvalue weighted by Gasteiger charge is 2.26. The fourth-order valence-electron chi connectivity index (χ4n) is 3.29. The maximum absolute atomic E-state index is 12.6. The third-order valence-corrected chi connectivity index (χ3v) is 4.85. The fourth-order valence-corrected chi connectivity index (χ4v) is 3.29. The van der Waals surface area contributed by atoms with Gasteiger partial charge in [0.05, 0.1) is 11.7 Å². The molecule has 2 N–H and O–H groups in total. The summed E-state index contributed by atoms with van der Waals surface area (Å²) in [6.07, 6.45) is 3.26. The second-order valence-corrected chi connectivity index (χ2v) is 6.58. The van der Waals surface area contributed by atoms with Crippen LogP contribution in [0.1, 0.15) is 12.8 Å². The van der Waals surface area contributed by atoms with E-state index in [-0.39, 0.29) is 17.4 Å². The summed E-state index contributed by atoms with van der Waals surface area (Å²) in [5.41, 5.74) is 1.55. The minimum atomic E-state index is -0.128. The van der Waals surface area contributed by atoms with Gasteiger partial charge in [-0.25, -0.2) is 4.68 Å². The van der Waals surface area contributed by atoms with E-state index in [1.54, 1.807) is 19.3 Å². The largest absolute Gasteiger partial charge is 0.355 e. The molecule has 0 unspecified atom stereocenters. The normalized spacial score (nSPS) is 15.3. The molecule has 1 aliphatic rings. The fraction of sp³-hybridized carbons (Fsp3) is 0.333. The minimum Gasteiger partial charge on any atom is -0.355 e. The van der Waals surface area contributed by atoms with Crippen LogP contribution in [-0.4, -0.2) is 39.0 Å². The van der Waals surface area contributed by atoms with Crippen molar-refractivity contribution in [3.8, 4) is 0 Å². The first-order valence-electron chi connectivity index (χ1n) is 8.63. The second-order valence-electron chi connectivity index (χ2n) is 6.58. The number of rotatable bonds is 3. The van der Waals surface area contributed by atoms with Crippen LogP contribution in [0, 0.1) is 5.92 Å². The van der Waals surface area contributed by atoms with Crippen molar-refractivity contribution in [1.29, 1.82) is 0 Å². The number of carbonyl (C=O) groups is 1. The first kappa shape index (κ1) is 16.3. The molecule has 0 bridgehead atoms. The van der Waals surface area contributed by atoms with E-state index in [9.17, 15) is 9.59 Å². The highest BCUT2D eigenvalue weighted by Crippen LogP contribution is 2.23. The van der Waals surface area contributed by atoms with Crippen LogP contribution in [0.2, 0.25) is 0 Å². The van der Waals surface area contributed by atoms with Gasteiger partial charge in [0.25, 0.3) is 5.56 Å². The number of aromatic amines is 1. The van der Waals surface area contributed by atoms with E-state index in [0.29, 0.717) is 0 Å². The summed E-state index contributed by atoms with van der Waals surface area (Å²) >= 11 is 0. The van der Waals surface area contributed by atoms with Gasteiger partial charge in [-0.1, -0.05) is 0 Å². The summed E-state index contributed by atoms with van der Waals surface area (Å²) in [5, 5.41) is 15.2. The third-order valence-electron chi connectivity index (χ3n) is 4.85. The molecule has 0 spiro atoms. The Morgan fingerprint density at radius 2 is 2.04 bits per heavy atom. The van der Waals surface area contributed by atoms with Gasteiger partial charge in [0.2, 0.25) is 5.91 Å². The van der Waals surface area contributed by atoms with Crippen molar-refractivity contribution in [2.24, 2.45) is 13.0 Å². The van der Waals surface area contributed by atoms with Gasteiger partial charge in [0.15, 0.2) is 0 Å². The molecule has 3 aromatic rings. The Kier molecular flexibility index (Phi) is 4.16. The lowest BCUT2D eigenvalue weighted by Crippen LogP contribution is -2.39. The lowest BCUT2D eigenvalue weighted by Gasteiger charge is -2.32. The molecule has 0 atom stereocenters. The molecular formula is C18H20N6O2. The molecule has 26 heavy (non-hydrogen) atoms. The second kappa shape index (κ2) is 6.62.